The van der Waals surface area contributed by atoms with E-state index in [2.05, 4.69) is 4.72 Å². The van der Waals surface area contributed by atoms with Gasteiger partial charge in [-0.05, 0) is 30.9 Å². The molecule has 0 aromatic heterocycles. The molecule has 0 bridgehead atoms. The summed E-state index contributed by atoms with van der Waals surface area (Å²) in [5, 5.41) is 0. The van der Waals surface area contributed by atoms with E-state index >= 15 is 0 Å². The summed E-state index contributed by atoms with van der Waals surface area (Å²) in [5.41, 5.74) is 1.05. The molecule has 0 atom stereocenters. The topological polar surface area (TPSA) is 46.2 Å². The molecule has 1 N–H and O–H groups in total. The first kappa shape index (κ1) is 15.2. The number of sulfonamides is 1. The van der Waals surface area contributed by atoms with Crippen LogP contribution in [0.15, 0.2) is 29.2 Å². The quantitative estimate of drug-likeness (QED) is 0.893. The molecular weight excluding hydrogens is 246 g/mol. The molecule has 1 aromatic rings. The summed E-state index contributed by atoms with van der Waals surface area (Å²) in [5.74, 6) is 0.537. The number of benzene rings is 1. The fourth-order valence-electron chi connectivity index (χ4n) is 2.01. The highest BCUT2D eigenvalue weighted by Gasteiger charge is 2.24. The molecule has 0 saturated carbocycles. The van der Waals surface area contributed by atoms with Crippen LogP contribution in [0.3, 0.4) is 0 Å². The summed E-state index contributed by atoms with van der Waals surface area (Å²) in [7, 11) is -3.42. The Morgan fingerprint density at radius 2 is 1.39 bits per heavy atom. The Bertz CT molecular complexity index is 467. The van der Waals surface area contributed by atoms with E-state index in [1.165, 1.54) is 0 Å². The molecule has 0 saturated heterocycles. The zero-order chi connectivity index (χ0) is 13.9. The zero-order valence-electron chi connectivity index (χ0n) is 11.8. The van der Waals surface area contributed by atoms with Crippen molar-refractivity contribution in [3.05, 3.63) is 29.8 Å². The van der Waals surface area contributed by atoms with E-state index < -0.39 is 10.0 Å². The van der Waals surface area contributed by atoms with Crippen molar-refractivity contribution >= 4 is 10.0 Å². The van der Waals surface area contributed by atoms with Gasteiger partial charge in [0.25, 0.3) is 0 Å². The lowest BCUT2D eigenvalue weighted by Crippen LogP contribution is -2.42. The molecule has 0 heterocycles. The Morgan fingerprint density at radius 3 is 1.78 bits per heavy atom. The maximum absolute atomic E-state index is 12.3. The minimum atomic E-state index is -3.42. The summed E-state index contributed by atoms with van der Waals surface area (Å²) < 4.78 is 27.3. The predicted octanol–water partition coefficient (Wildman–Crippen LogP) is 2.95. The molecule has 0 fully saturated rings. The number of hydrogen-bond acceptors (Lipinski definition) is 2. The first-order chi connectivity index (χ1) is 8.24. The van der Waals surface area contributed by atoms with Gasteiger partial charge in [0.1, 0.15) is 0 Å². The van der Waals surface area contributed by atoms with Crippen LogP contribution in [0.1, 0.15) is 33.3 Å². The fourth-order valence-corrected chi connectivity index (χ4v) is 3.54. The first-order valence-electron chi connectivity index (χ1n) is 6.33. The zero-order valence-corrected chi connectivity index (χ0v) is 12.6. The maximum atomic E-state index is 12.3. The Hall–Kier alpha value is -0.870. The smallest absolute Gasteiger partial charge is 0.208 e. The van der Waals surface area contributed by atoms with Crippen LogP contribution in [-0.2, 0) is 10.0 Å². The van der Waals surface area contributed by atoms with E-state index in [0.29, 0.717) is 4.90 Å². The van der Waals surface area contributed by atoms with Gasteiger partial charge in [-0.25, -0.2) is 13.1 Å². The van der Waals surface area contributed by atoms with Gasteiger partial charge in [-0.1, -0.05) is 45.4 Å². The van der Waals surface area contributed by atoms with Gasteiger partial charge in [0.2, 0.25) is 10.0 Å². The number of nitrogens with one attached hydrogen (secondary N) is 1. The molecular formula is C14H23NO2S. The van der Waals surface area contributed by atoms with Crippen LogP contribution in [0, 0.1) is 18.8 Å². The van der Waals surface area contributed by atoms with Gasteiger partial charge in [0.05, 0.1) is 4.90 Å². The van der Waals surface area contributed by atoms with Crippen LogP contribution >= 0.6 is 0 Å². The molecule has 18 heavy (non-hydrogen) atoms. The van der Waals surface area contributed by atoms with E-state index in [4.69, 9.17) is 0 Å². The van der Waals surface area contributed by atoms with Crippen LogP contribution in [0.25, 0.3) is 0 Å². The van der Waals surface area contributed by atoms with Crippen LogP contribution < -0.4 is 4.72 Å². The van der Waals surface area contributed by atoms with E-state index in [0.717, 1.165) is 5.56 Å². The number of rotatable bonds is 5. The second kappa shape index (κ2) is 5.85. The molecule has 1 aromatic carbocycles. The third-order valence-electron chi connectivity index (χ3n) is 3.06. The maximum Gasteiger partial charge on any atom is 0.240 e. The fraction of sp³-hybridized carbons (Fsp3) is 0.571. The van der Waals surface area contributed by atoms with Crippen molar-refractivity contribution in [1.82, 2.24) is 4.72 Å². The SMILES string of the molecule is Cc1ccc(S(=O)(=O)NC(C(C)C)C(C)C)cc1. The summed E-state index contributed by atoms with van der Waals surface area (Å²) in [4.78, 5) is 0.333. The normalized spacial score (nSPS) is 12.7. The Kier molecular flexibility index (Phi) is 4.93. The van der Waals surface area contributed by atoms with Crippen molar-refractivity contribution < 1.29 is 8.42 Å². The van der Waals surface area contributed by atoms with Crippen LogP contribution in [-0.4, -0.2) is 14.5 Å². The van der Waals surface area contributed by atoms with E-state index in [1.807, 2.05) is 46.8 Å². The van der Waals surface area contributed by atoms with Crippen LogP contribution in [0.4, 0.5) is 0 Å². The van der Waals surface area contributed by atoms with Crippen molar-refractivity contribution in [1.29, 1.82) is 0 Å². The third kappa shape index (κ3) is 3.82. The van der Waals surface area contributed by atoms with Crippen molar-refractivity contribution in [2.24, 2.45) is 11.8 Å². The summed E-state index contributed by atoms with van der Waals surface area (Å²) in [6, 6.07) is 6.88. The predicted molar refractivity (Wildman–Crippen MR) is 75.0 cm³/mol. The highest BCUT2D eigenvalue weighted by molar-refractivity contribution is 7.89. The molecule has 102 valence electrons. The molecule has 0 spiro atoms. The Balaban J connectivity index is 2.97. The van der Waals surface area contributed by atoms with E-state index in [-0.39, 0.29) is 17.9 Å². The molecule has 0 unspecified atom stereocenters. The molecule has 0 aliphatic heterocycles. The molecule has 0 amide bonds. The van der Waals surface area contributed by atoms with Gasteiger partial charge >= 0.3 is 0 Å². The average molecular weight is 269 g/mol. The van der Waals surface area contributed by atoms with E-state index in [1.54, 1.807) is 12.1 Å². The molecule has 1 rings (SSSR count). The third-order valence-corrected chi connectivity index (χ3v) is 4.53. The van der Waals surface area contributed by atoms with Gasteiger partial charge in [-0.15, -0.1) is 0 Å². The second-order valence-electron chi connectivity index (χ2n) is 5.45. The van der Waals surface area contributed by atoms with Crippen LogP contribution in [0.2, 0.25) is 0 Å². The highest BCUT2D eigenvalue weighted by Crippen LogP contribution is 2.17. The summed E-state index contributed by atoms with van der Waals surface area (Å²) in [6.07, 6.45) is 0. The first-order valence-corrected chi connectivity index (χ1v) is 7.81. The summed E-state index contributed by atoms with van der Waals surface area (Å²) >= 11 is 0. The molecule has 0 radical (unpaired) electrons. The number of aryl methyl sites for hydroxylation is 1. The Morgan fingerprint density at radius 1 is 0.944 bits per heavy atom. The molecule has 3 nitrogen and oxygen atoms in total. The van der Waals surface area contributed by atoms with Crippen LogP contribution in [0.5, 0.6) is 0 Å². The second-order valence-corrected chi connectivity index (χ2v) is 7.16. The minimum absolute atomic E-state index is 0.0451. The Labute approximate surface area is 111 Å². The van der Waals surface area contributed by atoms with Gasteiger partial charge in [-0.2, -0.15) is 0 Å². The van der Waals surface area contributed by atoms with Crippen molar-refractivity contribution in [2.45, 2.75) is 45.6 Å². The minimum Gasteiger partial charge on any atom is -0.208 e. The van der Waals surface area contributed by atoms with Crippen molar-refractivity contribution in [3.8, 4) is 0 Å². The summed E-state index contributed by atoms with van der Waals surface area (Å²) in [6.45, 7) is 10.1. The standard InChI is InChI=1S/C14H23NO2S/c1-10(2)14(11(3)4)15-18(16,17)13-8-6-12(5)7-9-13/h6-11,14-15H,1-5H3. The lowest BCUT2D eigenvalue weighted by Gasteiger charge is -2.25. The lowest BCUT2D eigenvalue weighted by atomic mass is 9.94. The highest BCUT2D eigenvalue weighted by atomic mass is 32.2. The monoisotopic (exact) mass is 269 g/mol. The van der Waals surface area contributed by atoms with Gasteiger partial charge in [0.15, 0.2) is 0 Å². The molecule has 0 aliphatic rings. The van der Waals surface area contributed by atoms with Crippen molar-refractivity contribution in [3.63, 3.8) is 0 Å². The average Bonchev–Trinajstić information content (AvgIpc) is 2.26. The van der Waals surface area contributed by atoms with Gasteiger partial charge < -0.3 is 0 Å². The molecule has 4 heteroatoms. The van der Waals surface area contributed by atoms with Crippen molar-refractivity contribution in [2.75, 3.05) is 0 Å². The van der Waals surface area contributed by atoms with Gasteiger partial charge in [-0.3, -0.25) is 0 Å². The molecule has 0 aliphatic carbocycles. The largest absolute Gasteiger partial charge is 0.240 e. The lowest BCUT2D eigenvalue weighted by molar-refractivity contribution is 0.355. The van der Waals surface area contributed by atoms with Gasteiger partial charge in [0, 0.05) is 6.04 Å². The number of hydrogen-bond donors (Lipinski definition) is 1. The van der Waals surface area contributed by atoms with E-state index in [9.17, 15) is 8.42 Å².